The normalized spacial score (nSPS) is 10.1. The number of ether oxygens (including phenoxy) is 2. The molecule has 0 saturated carbocycles. The van der Waals surface area contributed by atoms with Crippen LogP contribution < -0.4 is 20.1 Å². The van der Waals surface area contributed by atoms with Crippen molar-refractivity contribution in [2.24, 2.45) is 0 Å². The highest BCUT2D eigenvalue weighted by Crippen LogP contribution is 2.16. The van der Waals surface area contributed by atoms with Gasteiger partial charge < -0.3 is 14.8 Å². The Morgan fingerprint density at radius 1 is 0.862 bits per heavy atom. The van der Waals surface area contributed by atoms with Gasteiger partial charge in [0, 0.05) is 11.3 Å². The van der Waals surface area contributed by atoms with E-state index >= 15 is 0 Å². The number of rotatable bonds is 7. The minimum Gasteiger partial charge on any atom is -0.490 e. The summed E-state index contributed by atoms with van der Waals surface area (Å²) in [4.78, 5) is 12.2. The van der Waals surface area contributed by atoms with E-state index in [0.29, 0.717) is 18.8 Å². The van der Waals surface area contributed by atoms with Crippen molar-refractivity contribution in [1.29, 1.82) is 0 Å². The summed E-state index contributed by atoms with van der Waals surface area (Å²) < 4.78 is 11.3. The summed E-state index contributed by atoms with van der Waals surface area (Å²) in [6.07, 6.45) is 0. The first-order valence-corrected chi connectivity index (χ1v) is 9.61. The molecule has 0 unspecified atom stereocenters. The maximum atomic E-state index is 12.2. The Hall–Kier alpha value is -3.38. The van der Waals surface area contributed by atoms with Crippen LogP contribution in [0.5, 0.6) is 11.5 Å². The van der Waals surface area contributed by atoms with Crippen LogP contribution >= 0.6 is 12.2 Å². The number of amides is 1. The number of nitrogens with one attached hydrogen (secondary N) is 2. The van der Waals surface area contributed by atoms with Crippen molar-refractivity contribution in [3.8, 4) is 11.5 Å². The molecular weight excluding hydrogens is 384 g/mol. The van der Waals surface area contributed by atoms with Crippen molar-refractivity contribution >= 4 is 28.9 Å². The van der Waals surface area contributed by atoms with Crippen LogP contribution in [0.25, 0.3) is 0 Å². The van der Waals surface area contributed by atoms with Gasteiger partial charge in [0.25, 0.3) is 5.91 Å². The van der Waals surface area contributed by atoms with Crippen LogP contribution in [0.3, 0.4) is 0 Å². The zero-order chi connectivity index (χ0) is 20.5. The van der Waals surface area contributed by atoms with Gasteiger partial charge in [0.2, 0.25) is 0 Å². The summed E-state index contributed by atoms with van der Waals surface area (Å²) in [6, 6.07) is 24.3. The second-order valence-corrected chi connectivity index (χ2v) is 6.72. The fraction of sp³-hybridized carbons (Fsp3) is 0.130. The first-order chi connectivity index (χ1) is 14.1. The summed E-state index contributed by atoms with van der Waals surface area (Å²) in [5, 5.41) is 5.91. The molecule has 0 spiro atoms. The van der Waals surface area contributed by atoms with Gasteiger partial charge >= 0.3 is 0 Å². The predicted octanol–water partition coefficient (Wildman–Crippen LogP) is 4.58. The standard InChI is InChI=1S/C23H22N2O3S/c1-17-6-5-7-18(16-17)22(26)25-23(29)24-19-10-12-21(13-11-19)28-15-14-27-20-8-3-2-4-9-20/h2-13,16H,14-15H2,1H3,(H2,24,25,26,29). The van der Waals surface area contributed by atoms with Gasteiger partial charge in [-0.15, -0.1) is 0 Å². The van der Waals surface area contributed by atoms with Crippen molar-refractivity contribution < 1.29 is 14.3 Å². The van der Waals surface area contributed by atoms with Crippen molar-refractivity contribution in [2.45, 2.75) is 6.92 Å². The lowest BCUT2D eigenvalue weighted by atomic mass is 10.1. The Bertz CT molecular complexity index is 959. The number of para-hydroxylation sites is 1. The lowest BCUT2D eigenvalue weighted by Gasteiger charge is -2.11. The molecule has 3 aromatic rings. The molecule has 0 aliphatic heterocycles. The molecule has 1 amide bonds. The van der Waals surface area contributed by atoms with Crippen LogP contribution in [-0.2, 0) is 0 Å². The molecule has 0 aromatic heterocycles. The lowest BCUT2D eigenvalue weighted by Crippen LogP contribution is -2.34. The van der Waals surface area contributed by atoms with Crippen molar-refractivity contribution in [2.75, 3.05) is 18.5 Å². The molecule has 29 heavy (non-hydrogen) atoms. The molecule has 3 aromatic carbocycles. The minimum atomic E-state index is -0.246. The molecule has 3 rings (SSSR count). The van der Waals surface area contributed by atoms with E-state index < -0.39 is 0 Å². The molecule has 0 saturated heterocycles. The fourth-order valence-electron chi connectivity index (χ4n) is 2.59. The largest absolute Gasteiger partial charge is 0.490 e. The van der Waals surface area contributed by atoms with Crippen LogP contribution in [0.4, 0.5) is 5.69 Å². The predicted molar refractivity (Wildman–Crippen MR) is 119 cm³/mol. The summed E-state index contributed by atoms with van der Waals surface area (Å²) in [5.74, 6) is 1.29. The average molecular weight is 407 g/mol. The van der Waals surface area contributed by atoms with Crippen molar-refractivity contribution in [1.82, 2.24) is 5.32 Å². The third-order valence-electron chi connectivity index (χ3n) is 3.98. The number of hydrogen-bond acceptors (Lipinski definition) is 4. The van der Waals surface area contributed by atoms with E-state index in [2.05, 4.69) is 10.6 Å². The Balaban J connectivity index is 1.42. The maximum absolute atomic E-state index is 12.2. The highest BCUT2D eigenvalue weighted by molar-refractivity contribution is 7.80. The second-order valence-electron chi connectivity index (χ2n) is 6.31. The number of thiocarbonyl (C=S) groups is 1. The second kappa shape index (κ2) is 10.2. The molecule has 0 fully saturated rings. The smallest absolute Gasteiger partial charge is 0.257 e. The van der Waals surface area contributed by atoms with Crippen LogP contribution in [0.2, 0.25) is 0 Å². The average Bonchev–Trinajstić information content (AvgIpc) is 2.73. The van der Waals surface area contributed by atoms with E-state index in [1.165, 1.54) is 0 Å². The van der Waals surface area contributed by atoms with Crippen LogP contribution in [-0.4, -0.2) is 24.2 Å². The molecule has 6 heteroatoms. The fourth-order valence-corrected chi connectivity index (χ4v) is 2.80. The van der Waals surface area contributed by atoms with Gasteiger partial charge in [-0.05, 0) is 67.7 Å². The third-order valence-corrected chi connectivity index (χ3v) is 4.19. The molecule has 0 aliphatic carbocycles. The van der Waals surface area contributed by atoms with Gasteiger partial charge in [0.15, 0.2) is 5.11 Å². The number of carbonyl (C=O) groups is 1. The van der Waals surface area contributed by atoms with E-state index in [0.717, 1.165) is 22.7 Å². The topological polar surface area (TPSA) is 59.6 Å². The first-order valence-electron chi connectivity index (χ1n) is 9.20. The van der Waals surface area contributed by atoms with Gasteiger partial charge in [-0.25, -0.2) is 0 Å². The summed E-state index contributed by atoms with van der Waals surface area (Å²) in [6.45, 7) is 2.83. The van der Waals surface area contributed by atoms with E-state index in [1.54, 1.807) is 6.07 Å². The van der Waals surface area contributed by atoms with Crippen LogP contribution in [0.15, 0.2) is 78.9 Å². The number of carbonyl (C=O) groups excluding carboxylic acids is 1. The quantitative estimate of drug-likeness (QED) is 0.444. The molecule has 0 radical (unpaired) electrons. The monoisotopic (exact) mass is 406 g/mol. The highest BCUT2D eigenvalue weighted by atomic mass is 32.1. The van der Waals surface area contributed by atoms with Gasteiger partial charge in [0.1, 0.15) is 24.7 Å². The molecule has 0 atom stereocenters. The molecule has 2 N–H and O–H groups in total. The maximum Gasteiger partial charge on any atom is 0.257 e. The lowest BCUT2D eigenvalue weighted by molar-refractivity contribution is 0.0977. The summed E-state index contributed by atoms with van der Waals surface area (Å²) in [7, 11) is 0. The number of benzene rings is 3. The molecule has 0 aliphatic rings. The summed E-state index contributed by atoms with van der Waals surface area (Å²) >= 11 is 5.22. The Morgan fingerprint density at radius 2 is 1.52 bits per heavy atom. The van der Waals surface area contributed by atoms with E-state index in [1.807, 2.05) is 79.7 Å². The van der Waals surface area contributed by atoms with Gasteiger partial charge in [-0.1, -0.05) is 35.9 Å². The molecular formula is C23H22N2O3S. The molecule has 5 nitrogen and oxygen atoms in total. The zero-order valence-electron chi connectivity index (χ0n) is 16.1. The van der Waals surface area contributed by atoms with Crippen molar-refractivity contribution in [3.05, 3.63) is 90.0 Å². The van der Waals surface area contributed by atoms with Crippen LogP contribution in [0.1, 0.15) is 15.9 Å². The zero-order valence-corrected chi connectivity index (χ0v) is 16.9. The van der Waals surface area contributed by atoms with Gasteiger partial charge in [-0.3, -0.25) is 10.1 Å². The summed E-state index contributed by atoms with van der Waals surface area (Å²) in [5.41, 5.74) is 2.34. The number of hydrogen-bond donors (Lipinski definition) is 2. The Labute approximate surface area is 175 Å². The third kappa shape index (κ3) is 6.62. The first kappa shape index (κ1) is 20.4. The highest BCUT2D eigenvalue weighted by Gasteiger charge is 2.08. The minimum absolute atomic E-state index is 0.237. The Morgan fingerprint density at radius 3 is 2.17 bits per heavy atom. The van der Waals surface area contributed by atoms with Crippen LogP contribution in [0, 0.1) is 6.92 Å². The molecule has 148 valence electrons. The number of aryl methyl sites for hydroxylation is 1. The van der Waals surface area contributed by atoms with Crippen molar-refractivity contribution in [3.63, 3.8) is 0 Å². The Kier molecular flexibility index (Phi) is 7.19. The van der Waals surface area contributed by atoms with Gasteiger partial charge in [-0.2, -0.15) is 0 Å². The number of anilines is 1. The SMILES string of the molecule is Cc1cccc(C(=O)NC(=S)Nc2ccc(OCCOc3ccccc3)cc2)c1. The van der Waals surface area contributed by atoms with E-state index in [-0.39, 0.29) is 11.0 Å². The molecule has 0 bridgehead atoms. The molecule has 0 heterocycles. The van der Waals surface area contributed by atoms with E-state index in [9.17, 15) is 4.79 Å². The van der Waals surface area contributed by atoms with E-state index in [4.69, 9.17) is 21.7 Å². The van der Waals surface area contributed by atoms with Gasteiger partial charge in [0.05, 0.1) is 0 Å².